The molecule has 1 atom stereocenters. The number of amidine groups is 3. The van der Waals surface area contributed by atoms with Crippen LogP contribution in [0.3, 0.4) is 0 Å². The molecule has 44 heavy (non-hydrogen) atoms. The third-order valence-electron chi connectivity index (χ3n) is 7.16. The van der Waals surface area contributed by atoms with Crippen LogP contribution in [0.4, 0.5) is 0 Å². The van der Waals surface area contributed by atoms with Gasteiger partial charge in [-0.05, 0) is 59.4 Å². The number of amides is 1. The van der Waals surface area contributed by atoms with E-state index in [4.69, 9.17) is 24.4 Å². The monoisotopic (exact) mass is 630 g/mol. The van der Waals surface area contributed by atoms with Crippen LogP contribution in [0.1, 0.15) is 42.9 Å². The van der Waals surface area contributed by atoms with Gasteiger partial charge in [-0.15, -0.1) is 0 Å². The highest BCUT2D eigenvalue weighted by atomic mass is 32.2. The van der Waals surface area contributed by atoms with Crippen molar-refractivity contribution in [2.45, 2.75) is 31.9 Å². The molecule has 0 fully saturated rings. The molecule has 3 aromatic carbocycles. The number of aliphatic imine (C=N–C) groups is 1. The molecule has 5 rings (SSSR count). The number of nitrogens with one attached hydrogen (secondary N) is 1. The lowest BCUT2D eigenvalue weighted by Gasteiger charge is -2.24. The number of carbonyl (C=O) groups excluding carboxylic acids is 1. The van der Waals surface area contributed by atoms with E-state index in [9.17, 15) is 4.79 Å². The van der Waals surface area contributed by atoms with Gasteiger partial charge < -0.3 is 18.9 Å². The van der Waals surface area contributed by atoms with Gasteiger partial charge in [-0.2, -0.15) is 9.39 Å². The molecule has 0 aliphatic carbocycles. The smallest absolute Gasteiger partial charge is 0.283 e. The van der Waals surface area contributed by atoms with Crippen molar-refractivity contribution in [3.8, 4) is 23.0 Å². The lowest BCUT2D eigenvalue weighted by atomic mass is 9.99. The van der Waals surface area contributed by atoms with Crippen LogP contribution in [-0.4, -0.2) is 54.4 Å². The van der Waals surface area contributed by atoms with Crippen LogP contribution in [0.2, 0.25) is 0 Å². The summed E-state index contributed by atoms with van der Waals surface area (Å²) in [5, 5.41) is 9.86. The van der Waals surface area contributed by atoms with Crippen molar-refractivity contribution in [1.82, 2.24) is 4.90 Å². The van der Waals surface area contributed by atoms with Crippen LogP contribution < -0.4 is 18.9 Å². The first kappa shape index (κ1) is 31.2. The Hall–Kier alpha value is -4.22. The van der Waals surface area contributed by atoms with E-state index in [0.29, 0.717) is 51.4 Å². The number of ether oxygens (including phenoxy) is 4. The van der Waals surface area contributed by atoms with E-state index in [0.717, 1.165) is 29.7 Å². The Morgan fingerprint density at radius 3 is 2.34 bits per heavy atom. The van der Waals surface area contributed by atoms with Crippen LogP contribution in [0.15, 0.2) is 81.7 Å². The summed E-state index contributed by atoms with van der Waals surface area (Å²) in [6.45, 7) is 4.97. The summed E-state index contributed by atoms with van der Waals surface area (Å²) in [6, 6.07) is 21.6. The van der Waals surface area contributed by atoms with E-state index in [1.54, 1.807) is 23.1 Å². The number of hydrogen-bond acceptors (Lipinski definition) is 9. The van der Waals surface area contributed by atoms with E-state index in [1.807, 2.05) is 42.5 Å². The normalized spacial score (nSPS) is 15.9. The first-order chi connectivity index (χ1) is 21.4. The second kappa shape index (κ2) is 14.5. The first-order valence-corrected chi connectivity index (χ1v) is 15.9. The van der Waals surface area contributed by atoms with Crippen LogP contribution >= 0.6 is 23.7 Å². The second-order valence-electron chi connectivity index (χ2n) is 10.0. The number of benzene rings is 3. The minimum Gasteiger partial charge on any atom is -0.493 e. The van der Waals surface area contributed by atoms with E-state index in [-0.39, 0.29) is 18.0 Å². The molecular weight excluding hydrogens is 597 g/mol. The molecule has 0 saturated heterocycles. The zero-order valence-electron chi connectivity index (χ0n) is 25.0. The molecule has 0 radical (unpaired) electrons. The Morgan fingerprint density at radius 2 is 1.68 bits per heavy atom. The molecule has 0 aromatic heterocycles. The maximum atomic E-state index is 13.0. The average molecular weight is 631 g/mol. The highest BCUT2D eigenvalue weighted by Crippen LogP contribution is 2.40. The summed E-state index contributed by atoms with van der Waals surface area (Å²) in [5.74, 6) is 2.72. The molecule has 1 N–H and O–H groups in total. The quantitative estimate of drug-likeness (QED) is 0.127. The Morgan fingerprint density at radius 1 is 1.00 bits per heavy atom. The van der Waals surface area contributed by atoms with Crippen LogP contribution in [0, 0.1) is 5.41 Å². The number of fused-ring (bicyclic) bond motifs is 1. The van der Waals surface area contributed by atoms with Crippen LogP contribution in [-0.2, 0) is 10.5 Å². The molecule has 1 amide bonds. The molecule has 0 bridgehead atoms. The molecule has 3 aromatic rings. The molecule has 9 nitrogen and oxygen atoms in total. The van der Waals surface area contributed by atoms with Crippen molar-refractivity contribution in [2.75, 3.05) is 27.4 Å². The van der Waals surface area contributed by atoms with E-state index < -0.39 is 5.91 Å². The summed E-state index contributed by atoms with van der Waals surface area (Å²) >= 11 is 2.59. The first-order valence-electron chi connectivity index (χ1n) is 14.2. The molecule has 228 valence electrons. The molecule has 11 heteroatoms. The fourth-order valence-electron chi connectivity index (χ4n) is 4.54. The Labute approximate surface area is 266 Å². The van der Waals surface area contributed by atoms with Gasteiger partial charge >= 0.3 is 0 Å². The minimum atomic E-state index is -0.508. The molecule has 2 aliphatic rings. The highest BCUT2D eigenvalue weighted by molar-refractivity contribution is 8.18. The van der Waals surface area contributed by atoms with Crippen molar-refractivity contribution in [2.24, 2.45) is 9.39 Å². The lowest BCUT2D eigenvalue weighted by molar-refractivity contribution is -0.114. The summed E-state index contributed by atoms with van der Waals surface area (Å²) in [6.07, 6.45) is 2.69. The van der Waals surface area contributed by atoms with E-state index >= 15 is 0 Å². The zero-order chi connectivity index (χ0) is 31.1. The van der Waals surface area contributed by atoms with Gasteiger partial charge in [-0.25, -0.2) is 4.90 Å². The second-order valence-corrected chi connectivity index (χ2v) is 11.7. The van der Waals surface area contributed by atoms with E-state index in [1.165, 1.54) is 31.5 Å². The van der Waals surface area contributed by atoms with Crippen molar-refractivity contribution < 1.29 is 23.7 Å². The molecule has 2 heterocycles. The van der Waals surface area contributed by atoms with Gasteiger partial charge in [0.25, 0.3) is 5.91 Å². The molecular formula is C33H34N4O5S2. The average Bonchev–Trinajstić information content (AvgIpc) is 3.47. The third-order valence-corrected chi connectivity index (χ3v) is 8.99. The fourth-order valence-corrected chi connectivity index (χ4v) is 6.34. The van der Waals surface area contributed by atoms with Crippen LogP contribution in [0.25, 0.3) is 6.08 Å². The minimum absolute atomic E-state index is 0.0110. The molecule has 0 saturated carbocycles. The highest BCUT2D eigenvalue weighted by Gasteiger charge is 2.37. The van der Waals surface area contributed by atoms with Gasteiger partial charge in [0.15, 0.2) is 16.7 Å². The van der Waals surface area contributed by atoms with Crippen molar-refractivity contribution >= 4 is 51.9 Å². The summed E-state index contributed by atoms with van der Waals surface area (Å²) in [4.78, 5) is 18.8. The topological polar surface area (TPSA) is 106 Å². The summed E-state index contributed by atoms with van der Waals surface area (Å²) < 4.78 is 27.6. The number of rotatable bonds is 12. The van der Waals surface area contributed by atoms with Gasteiger partial charge in [0.05, 0.1) is 31.7 Å². The Kier molecular flexibility index (Phi) is 10.3. The van der Waals surface area contributed by atoms with Gasteiger partial charge in [-0.1, -0.05) is 68.1 Å². The molecule has 2 aliphatic heterocycles. The predicted octanol–water partition coefficient (Wildman–Crippen LogP) is 7.19. The van der Waals surface area contributed by atoms with E-state index in [2.05, 4.69) is 35.4 Å². The zero-order valence-corrected chi connectivity index (χ0v) is 26.7. The SMILES string of the molecule is CC[C@@H](C)c1ccc(OCCOc2c(OC)cc(/C=C3/C(=N)N4C(SCc5ccccc5)=NSC4=NC3=O)cc2OC)cc1. The third kappa shape index (κ3) is 7.11. The fraction of sp³-hybridized carbons (Fsp3) is 0.273. The van der Waals surface area contributed by atoms with Gasteiger partial charge in [0.1, 0.15) is 24.8 Å². The van der Waals surface area contributed by atoms with Crippen molar-refractivity contribution in [3.63, 3.8) is 0 Å². The number of hydrogen-bond donors (Lipinski definition) is 1. The number of thioether (sulfide) groups is 1. The molecule has 0 unspecified atom stereocenters. The predicted molar refractivity (Wildman–Crippen MR) is 178 cm³/mol. The van der Waals surface area contributed by atoms with Crippen molar-refractivity contribution in [1.29, 1.82) is 5.41 Å². The number of methoxy groups -OCH3 is 2. The standard InChI is InChI=1S/C33H34N4O5S2/c1-5-21(2)24-11-13-25(14-12-24)41-15-16-42-29-27(39-3)18-23(19-28(29)40-4)17-26-30(34)37-32(35-31(26)38)44-36-33(37)43-20-22-9-7-6-8-10-22/h6-14,17-19,21,34H,5,15-16,20H2,1-4H3/b26-17-,34-30?/t21-/m1/s1. The number of nitrogens with zero attached hydrogens (tertiary/aromatic N) is 3. The van der Waals surface area contributed by atoms with Gasteiger partial charge in [0.2, 0.25) is 10.9 Å². The molecule has 0 spiro atoms. The lowest BCUT2D eigenvalue weighted by Crippen LogP contribution is -2.41. The van der Waals surface area contributed by atoms with Crippen molar-refractivity contribution in [3.05, 3.63) is 89.0 Å². The van der Waals surface area contributed by atoms with Gasteiger partial charge in [0, 0.05) is 5.75 Å². The van der Waals surface area contributed by atoms with Gasteiger partial charge in [-0.3, -0.25) is 10.2 Å². The Bertz CT molecular complexity index is 1580. The maximum Gasteiger partial charge on any atom is 0.283 e. The largest absolute Gasteiger partial charge is 0.493 e. The maximum absolute atomic E-state index is 13.0. The summed E-state index contributed by atoms with van der Waals surface area (Å²) in [5.41, 5.74) is 3.15. The van der Waals surface area contributed by atoms with Crippen LogP contribution in [0.5, 0.6) is 23.0 Å². The Balaban J connectivity index is 1.27. The summed E-state index contributed by atoms with van der Waals surface area (Å²) in [7, 11) is 3.07. The number of carbonyl (C=O) groups is 1.